The van der Waals surface area contributed by atoms with Crippen LogP contribution in [0.3, 0.4) is 0 Å². The molecular formula is C15H10F4N2OS. The highest BCUT2D eigenvalue weighted by Gasteiger charge is 2.29. The van der Waals surface area contributed by atoms with Gasteiger partial charge >= 0.3 is 5.51 Å². The summed E-state index contributed by atoms with van der Waals surface area (Å²) in [4.78, 5) is 6.99. The average molecular weight is 342 g/mol. The minimum absolute atomic E-state index is 0.0279. The van der Waals surface area contributed by atoms with Crippen molar-refractivity contribution >= 4 is 22.8 Å². The lowest BCUT2D eigenvalue weighted by Crippen LogP contribution is -2.02. The van der Waals surface area contributed by atoms with Crippen molar-refractivity contribution in [2.45, 2.75) is 16.5 Å². The fourth-order valence-electron chi connectivity index (χ4n) is 2.14. The molecule has 0 spiro atoms. The highest BCUT2D eigenvalue weighted by Crippen LogP contribution is 2.37. The number of H-pyrrole nitrogens is 1. The molecule has 3 aromatic rings. The monoisotopic (exact) mass is 342 g/mol. The van der Waals surface area contributed by atoms with E-state index in [4.69, 9.17) is 0 Å². The van der Waals surface area contributed by atoms with Gasteiger partial charge in [0.05, 0.1) is 11.0 Å². The summed E-state index contributed by atoms with van der Waals surface area (Å²) in [5, 5.41) is 10.3. The zero-order valence-corrected chi connectivity index (χ0v) is 12.2. The second-order valence-corrected chi connectivity index (χ2v) is 5.94. The lowest BCUT2D eigenvalue weighted by Gasteiger charge is -2.10. The van der Waals surface area contributed by atoms with Crippen LogP contribution in [0, 0.1) is 5.82 Å². The third-order valence-corrected chi connectivity index (χ3v) is 3.89. The minimum Gasteiger partial charge on any atom is -0.380 e. The van der Waals surface area contributed by atoms with E-state index in [0.717, 1.165) is 0 Å². The molecular weight excluding hydrogens is 332 g/mol. The van der Waals surface area contributed by atoms with E-state index in [1.807, 2.05) is 0 Å². The standard InChI is InChI=1S/C15H10F4N2OS/c16-9-3-6-11-12(7-9)21-14(20-11)13(22)8-1-4-10(5-2-8)23-15(17,18)19/h1-7,13,22H,(H,20,21). The lowest BCUT2D eigenvalue weighted by molar-refractivity contribution is -0.0328. The zero-order valence-electron chi connectivity index (χ0n) is 11.4. The van der Waals surface area contributed by atoms with Crippen LogP contribution in [0.1, 0.15) is 17.5 Å². The number of aliphatic hydroxyl groups is 1. The van der Waals surface area contributed by atoms with E-state index in [1.165, 1.54) is 42.5 Å². The van der Waals surface area contributed by atoms with Gasteiger partial charge in [-0.25, -0.2) is 9.37 Å². The van der Waals surface area contributed by atoms with Crippen LogP contribution >= 0.6 is 11.8 Å². The Morgan fingerprint density at radius 1 is 1.09 bits per heavy atom. The maximum atomic E-state index is 13.1. The van der Waals surface area contributed by atoms with E-state index in [-0.39, 0.29) is 22.5 Å². The summed E-state index contributed by atoms with van der Waals surface area (Å²) in [5.41, 5.74) is -3.05. The maximum Gasteiger partial charge on any atom is 0.446 e. The van der Waals surface area contributed by atoms with Gasteiger partial charge in [0.2, 0.25) is 0 Å². The van der Waals surface area contributed by atoms with Crippen molar-refractivity contribution in [1.82, 2.24) is 9.97 Å². The Morgan fingerprint density at radius 2 is 1.78 bits per heavy atom. The fourth-order valence-corrected chi connectivity index (χ4v) is 2.68. The van der Waals surface area contributed by atoms with Gasteiger partial charge in [0, 0.05) is 11.0 Å². The molecule has 0 saturated heterocycles. The third-order valence-electron chi connectivity index (χ3n) is 3.15. The number of nitrogens with one attached hydrogen (secondary N) is 1. The molecule has 0 saturated carbocycles. The van der Waals surface area contributed by atoms with Crippen molar-refractivity contribution in [2.75, 3.05) is 0 Å². The molecule has 0 radical (unpaired) electrons. The molecule has 0 amide bonds. The molecule has 2 N–H and O–H groups in total. The van der Waals surface area contributed by atoms with Crippen molar-refractivity contribution < 1.29 is 22.7 Å². The van der Waals surface area contributed by atoms with Crippen LogP contribution in [0.25, 0.3) is 11.0 Å². The van der Waals surface area contributed by atoms with E-state index >= 15 is 0 Å². The SMILES string of the molecule is OC(c1ccc(SC(F)(F)F)cc1)c1nc2cc(F)ccc2[nH]1. The van der Waals surface area contributed by atoms with Crippen LogP contribution in [-0.4, -0.2) is 20.6 Å². The number of nitrogens with zero attached hydrogens (tertiary/aromatic N) is 1. The predicted molar refractivity (Wildman–Crippen MR) is 78.5 cm³/mol. The first-order valence-corrected chi connectivity index (χ1v) is 7.32. The van der Waals surface area contributed by atoms with E-state index in [9.17, 15) is 22.7 Å². The second kappa shape index (κ2) is 5.86. The number of rotatable bonds is 3. The Balaban J connectivity index is 1.85. The molecule has 1 aromatic heterocycles. The van der Waals surface area contributed by atoms with E-state index in [0.29, 0.717) is 16.6 Å². The molecule has 1 atom stereocenters. The molecule has 1 heterocycles. The Hall–Kier alpha value is -2.06. The number of aromatic amines is 1. The summed E-state index contributed by atoms with van der Waals surface area (Å²) in [7, 11) is 0. The number of benzene rings is 2. The van der Waals surface area contributed by atoms with Gasteiger partial charge in [-0.15, -0.1) is 0 Å². The molecule has 1 unspecified atom stereocenters. The number of alkyl halides is 3. The van der Waals surface area contributed by atoms with Gasteiger partial charge in [0.15, 0.2) is 0 Å². The summed E-state index contributed by atoms with van der Waals surface area (Å²) in [6.45, 7) is 0. The molecule has 0 aliphatic rings. The molecule has 2 aromatic carbocycles. The topological polar surface area (TPSA) is 48.9 Å². The van der Waals surface area contributed by atoms with Crippen molar-refractivity contribution in [3.63, 3.8) is 0 Å². The van der Waals surface area contributed by atoms with Crippen LogP contribution in [0.4, 0.5) is 17.6 Å². The number of fused-ring (bicyclic) bond motifs is 1. The second-order valence-electron chi connectivity index (χ2n) is 4.80. The number of aromatic nitrogens is 2. The summed E-state index contributed by atoms with van der Waals surface area (Å²) < 4.78 is 50.0. The van der Waals surface area contributed by atoms with Crippen LogP contribution < -0.4 is 0 Å². The molecule has 120 valence electrons. The predicted octanol–water partition coefficient (Wildman–Crippen LogP) is 4.40. The van der Waals surface area contributed by atoms with Crippen molar-refractivity contribution in [3.05, 3.63) is 59.7 Å². The normalized spacial score (nSPS) is 13.4. The first-order chi connectivity index (χ1) is 10.8. The molecule has 8 heteroatoms. The first-order valence-electron chi connectivity index (χ1n) is 6.51. The first kappa shape index (κ1) is 15.8. The molecule has 0 aliphatic heterocycles. The smallest absolute Gasteiger partial charge is 0.380 e. The average Bonchev–Trinajstić information content (AvgIpc) is 2.88. The Morgan fingerprint density at radius 3 is 2.43 bits per heavy atom. The van der Waals surface area contributed by atoms with Crippen molar-refractivity contribution in [1.29, 1.82) is 0 Å². The van der Waals surface area contributed by atoms with Crippen molar-refractivity contribution in [3.8, 4) is 0 Å². The fraction of sp³-hybridized carbons (Fsp3) is 0.133. The molecule has 3 rings (SSSR count). The van der Waals surface area contributed by atoms with Crippen LogP contribution in [-0.2, 0) is 0 Å². The number of halogens is 4. The van der Waals surface area contributed by atoms with Gasteiger partial charge in [0.25, 0.3) is 0 Å². The van der Waals surface area contributed by atoms with Gasteiger partial charge < -0.3 is 10.1 Å². The van der Waals surface area contributed by atoms with Gasteiger partial charge in [0.1, 0.15) is 17.7 Å². The third kappa shape index (κ3) is 3.65. The summed E-state index contributed by atoms with van der Waals surface area (Å²) in [6, 6.07) is 9.33. The van der Waals surface area contributed by atoms with Gasteiger partial charge in [-0.05, 0) is 41.6 Å². The number of aliphatic hydroxyl groups excluding tert-OH is 1. The minimum atomic E-state index is -4.36. The lowest BCUT2D eigenvalue weighted by atomic mass is 10.1. The van der Waals surface area contributed by atoms with E-state index in [1.54, 1.807) is 0 Å². The number of imidazole rings is 1. The highest BCUT2D eigenvalue weighted by molar-refractivity contribution is 8.00. The number of hydrogen-bond donors (Lipinski definition) is 2. The Kier molecular flexibility index (Phi) is 4.03. The summed E-state index contributed by atoms with van der Waals surface area (Å²) >= 11 is -0.224. The van der Waals surface area contributed by atoms with Crippen LogP contribution in [0.5, 0.6) is 0 Å². The molecule has 23 heavy (non-hydrogen) atoms. The Bertz CT molecular complexity index is 830. The highest BCUT2D eigenvalue weighted by atomic mass is 32.2. The molecule has 3 nitrogen and oxygen atoms in total. The summed E-state index contributed by atoms with van der Waals surface area (Å²) in [6.07, 6.45) is -1.14. The van der Waals surface area contributed by atoms with Gasteiger partial charge in [-0.1, -0.05) is 12.1 Å². The van der Waals surface area contributed by atoms with Crippen molar-refractivity contribution in [2.24, 2.45) is 0 Å². The number of thioether (sulfide) groups is 1. The number of hydrogen-bond acceptors (Lipinski definition) is 3. The summed E-state index contributed by atoms with van der Waals surface area (Å²) in [5.74, 6) is -0.250. The molecule has 0 aliphatic carbocycles. The van der Waals surface area contributed by atoms with Gasteiger partial charge in [-0.2, -0.15) is 13.2 Å². The van der Waals surface area contributed by atoms with E-state index < -0.39 is 17.4 Å². The quantitative estimate of drug-likeness (QED) is 0.548. The van der Waals surface area contributed by atoms with Crippen LogP contribution in [0.15, 0.2) is 47.4 Å². The van der Waals surface area contributed by atoms with Gasteiger partial charge in [-0.3, -0.25) is 0 Å². The maximum absolute atomic E-state index is 13.1. The zero-order chi connectivity index (χ0) is 16.6. The van der Waals surface area contributed by atoms with E-state index in [2.05, 4.69) is 9.97 Å². The molecule has 0 fully saturated rings. The Labute approximate surface area is 132 Å². The molecule has 0 bridgehead atoms. The van der Waals surface area contributed by atoms with Crippen LogP contribution in [0.2, 0.25) is 0 Å². The largest absolute Gasteiger partial charge is 0.446 e.